The van der Waals surface area contributed by atoms with Crippen molar-refractivity contribution in [2.24, 2.45) is 5.41 Å². The van der Waals surface area contributed by atoms with Gasteiger partial charge >= 0.3 is 0 Å². The average Bonchev–Trinajstić information content (AvgIpc) is 2.42. The van der Waals surface area contributed by atoms with Crippen LogP contribution in [0.25, 0.3) is 0 Å². The van der Waals surface area contributed by atoms with E-state index in [1.54, 1.807) is 6.20 Å². The minimum absolute atomic E-state index is 0.0242. The fourth-order valence-corrected chi connectivity index (χ4v) is 1.71. The molecule has 1 aromatic heterocycles. The Morgan fingerprint density at radius 2 is 1.81 bits per heavy atom. The summed E-state index contributed by atoms with van der Waals surface area (Å²) in [6.45, 7) is 7.68. The number of hydrogen-bond acceptors (Lipinski definition) is 3. The molecule has 0 bridgehead atoms. The van der Waals surface area contributed by atoms with Gasteiger partial charge in [0.05, 0.1) is 11.9 Å². The number of rotatable bonds is 3. The third-order valence-corrected chi connectivity index (χ3v) is 3.11. The SMILES string of the molecule is Cc1ccccc1Nc1ccc(NC(=O)C(C)(C)C)cn1. The van der Waals surface area contributed by atoms with E-state index in [0.29, 0.717) is 5.69 Å². The molecule has 4 nitrogen and oxygen atoms in total. The van der Waals surface area contributed by atoms with Gasteiger partial charge in [0, 0.05) is 11.1 Å². The first-order valence-electron chi connectivity index (χ1n) is 6.96. The Morgan fingerprint density at radius 1 is 1.10 bits per heavy atom. The lowest BCUT2D eigenvalue weighted by molar-refractivity contribution is -0.123. The number of carbonyl (C=O) groups excluding carboxylic acids is 1. The molecule has 110 valence electrons. The Labute approximate surface area is 125 Å². The van der Waals surface area contributed by atoms with E-state index in [1.165, 1.54) is 0 Å². The fourth-order valence-electron chi connectivity index (χ4n) is 1.71. The van der Waals surface area contributed by atoms with E-state index in [1.807, 2.05) is 64.1 Å². The van der Waals surface area contributed by atoms with Gasteiger partial charge in [-0.15, -0.1) is 0 Å². The van der Waals surface area contributed by atoms with E-state index in [4.69, 9.17) is 0 Å². The number of aryl methyl sites for hydroxylation is 1. The molecule has 0 aliphatic carbocycles. The number of carbonyl (C=O) groups is 1. The molecule has 0 saturated carbocycles. The topological polar surface area (TPSA) is 54.0 Å². The minimum atomic E-state index is -0.419. The lowest BCUT2D eigenvalue weighted by Gasteiger charge is -2.17. The molecule has 2 N–H and O–H groups in total. The Bertz CT molecular complexity index is 627. The molecule has 1 aromatic carbocycles. The van der Waals surface area contributed by atoms with Crippen molar-refractivity contribution >= 4 is 23.1 Å². The smallest absolute Gasteiger partial charge is 0.229 e. The molecule has 1 amide bonds. The van der Waals surface area contributed by atoms with Gasteiger partial charge in [0.25, 0.3) is 0 Å². The third kappa shape index (κ3) is 4.05. The van der Waals surface area contributed by atoms with Crippen molar-refractivity contribution in [1.82, 2.24) is 4.98 Å². The molecule has 0 saturated heterocycles. The van der Waals surface area contributed by atoms with Crippen molar-refractivity contribution in [1.29, 1.82) is 0 Å². The molecular formula is C17H21N3O. The predicted octanol–water partition coefficient (Wildman–Crippen LogP) is 4.12. The minimum Gasteiger partial charge on any atom is -0.340 e. The summed E-state index contributed by atoms with van der Waals surface area (Å²) in [6, 6.07) is 11.7. The number of benzene rings is 1. The van der Waals surface area contributed by atoms with Crippen LogP contribution in [-0.4, -0.2) is 10.9 Å². The first-order chi connectivity index (χ1) is 9.86. The second kappa shape index (κ2) is 5.95. The molecule has 0 radical (unpaired) electrons. The van der Waals surface area contributed by atoms with E-state index in [-0.39, 0.29) is 5.91 Å². The molecule has 0 aliphatic rings. The molecule has 0 atom stereocenters. The Balaban J connectivity index is 2.06. The average molecular weight is 283 g/mol. The first-order valence-corrected chi connectivity index (χ1v) is 6.96. The zero-order valence-electron chi connectivity index (χ0n) is 12.9. The van der Waals surface area contributed by atoms with E-state index in [0.717, 1.165) is 17.1 Å². The predicted molar refractivity (Wildman–Crippen MR) is 86.8 cm³/mol. The van der Waals surface area contributed by atoms with Gasteiger partial charge in [-0.1, -0.05) is 39.0 Å². The highest BCUT2D eigenvalue weighted by atomic mass is 16.2. The maximum Gasteiger partial charge on any atom is 0.229 e. The normalized spacial score (nSPS) is 11.0. The molecule has 21 heavy (non-hydrogen) atoms. The number of pyridine rings is 1. The second-order valence-electron chi connectivity index (χ2n) is 6.08. The quantitative estimate of drug-likeness (QED) is 0.891. The second-order valence-corrected chi connectivity index (χ2v) is 6.08. The zero-order valence-corrected chi connectivity index (χ0v) is 12.9. The maximum absolute atomic E-state index is 11.9. The van der Waals surface area contributed by atoms with Gasteiger partial charge in [-0.3, -0.25) is 4.79 Å². The lowest BCUT2D eigenvalue weighted by atomic mass is 9.96. The van der Waals surface area contributed by atoms with Crippen LogP contribution in [-0.2, 0) is 4.79 Å². The molecular weight excluding hydrogens is 262 g/mol. The van der Waals surface area contributed by atoms with Crippen LogP contribution < -0.4 is 10.6 Å². The Kier molecular flexibility index (Phi) is 4.26. The third-order valence-electron chi connectivity index (χ3n) is 3.11. The summed E-state index contributed by atoms with van der Waals surface area (Å²) in [4.78, 5) is 16.2. The van der Waals surface area contributed by atoms with Crippen LogP contribution in [0.4, 0.5) is 17.2 Å². The highest BCUT2D eigenvalue weighted by molar-refractivity contribution is 5.94. The van der Waals surface area contributed by atoms with E-state index in [2.05, 4.69) is 15.6 Å². The van der Waals surface area contributed by atoms with Gasteiger partial charge in [0.2, 0.25) is 5.91 Å². The molecule has 0 unspecified atom stereocenters. The Hall–Kier alpha value is -2.36. The summed E-state index contributed by atoms with van der Waals surface area (Å²) >= 11 is 0. The van der Waals surface area contributed by atoms with Crippen LogP contribution in [0.5, 0.6) is 0 Å². The van der Waals surface area contributed by atoms with Gasteiger partial charge in [-0.25, -0.2) is 4.98 Å². The highest BCUT2D eigenvalue weighted by Gasteiger charge is 2.21. The van der Waals surface area contributed by atoms with Crippen LogP contribution in [0, 0.1) is 12.3 Å². The van der Waals surface area contributed by atoms with Crippen LogP contribution in [0.1, 0.15) is 26.3 Å². The number of nitrogens with one attached hydrogen (secondary N) is 2. The molecule has 0 fully saturated rings. The van der Waals surface area contributed by atoms with Crippen molar-refractivity contribution in [2.75, 3.05) is 10.6 Å². The van der Waals surface area contributed by atoms with Crippen molar-refractivity contribution < 1.29 is 4.79 Å². The van der Waals surface area contributed by atoms with Crippen molar-refractivity contribution in [3.8, 4) is 0 Å². The van der Waals surface area contributed by atoms with Gasteiger partial charge in [0.1, 0.15) is 5.82 Å². The monoisotopic (exact) mass is 283 g/mol. The van der Waals surface area contributed by atoms with Crippen LogP contribution >= 0.6 is 0 Å². The van der Waals surface area contributed by atoms with Crippen molar-refractivity contribution in [3.63, 3.8) is 0 Å². The molecule has 1 heterocycles. The lowest BCUT2D eigenvalue weighted by Crippen LogP contribution is -2.27. The van der Waals surface area contributed by atoms with E-state index in [9.17, 15) is 4.79 Å². The summed E-state index contributed by atoms with van der Waals surface area (Å²) in [5, 5.41) is 6.11. The summed E-state index contributed by atoms with van der Waals surface area (Å²) in [5.74, 6) is 0.724. The number of aromatic nitrogens is 1. The molecule has 4 heteroatoms. The molecule has 2 rings (SSSR count). The Morgan fingerprint density at radius 3 is 2.38 bits per heavy atom. The number of hydrogen-bond donors (Lipinski definition) is 2. The van der Waals surface area contributed by atoms with Gasteiger partial charge in [0.15, 0.2) is 0 Å². The van der Waals surface area contributed by atoms with Gasteiger partial charge in [-0.05, 0) is 30.7 Å². The number of amides is 1. The van der Waals surface area contributed by atoms with Gasteiger partial charge < -0.3 is 10.6 Å². The maximum atomic E-state index is 11.9. The van der Waals surface area contributed by atoms with Crippen LogP contribution in [0.2, 0.25) is 0 Å². The molecule has 2 aromatic rings. The standard InChI is InChI=1S/C17H21N3O/c1-12-7-5-6-8-14(12)20-15-10-9-13(11-18-15)19-16(21)17(2,3)4/h5-11H,1-4H3,(H,18,20)(H,19,21). The largest absolute Gasteiger partial charge is 0.340 e. The van der Waals surface area contributed by atoms with Crippen molar-refractivity contribution in [3.05, 3.63) is 48.2 Å². The summed E-state index contributed by atoms with van der Waals surface area (Å²) < 4.78 is 0. The zero-order chi connectivity index (χ0) is 15.5. The first kappa shape index (κ1) is 15.0. The fraction of sp³-hybridized carbons (Fsp3) is 0.294. The van der Waals surface area contributed by atoms with Crippen LogP contribution in [0.15, 0.2) is 42.6 Å². The summed E-state index contributed by atoms with van der Waals surface area (Å²) in [5.41, 5.74) is 2.46. The van der Waals surface area contributed by atoms with Crippen LogP contribution in [0.3, 0.4) is 0 Å². The molecule has 0 aliphatic heterocycles. The van der Waals surface area contributed by atoms with Crippen molar-refractivity contribution in [2.45, 2.75) is 27.7 Å². The summed E-state index contributed by atoms with van der Waals surface area (Å²) in [7, 11) is 0. The summed E-state index contributed by atoms with van der Waals surface area (Å²) in [6.07, 6.45) is 1.66. The van der Waals surface area contributed by atoms with E-state index < -0.39 is 5.41 Å². The number of para-hydroxylation sites is 1. The molecule has 0 spiro atoms. The number of nitrogens with zero attached hydrogens (tertiary/aromatic N) is 1. The van der Waals surface area contributed by atoms with Gasteiger partial charge in [-0.2, -0.15) is 0 Å². The highest BCUT2D eigenvalue weighted by Crippen LogP contribution is 2.21. The number of anilines is 3. The van der Waals surface area contributed by atoms with E-state index >= 15 is 0 Å².